The lowest BCUT2D eigenvalue weighted by atomic mass is 9.95. The van der Waals surface area contributed by atoms with E-state index in [0.29, 0.717) is 32.4 Å². The van der Waals surface area contributed by atoms with Gasteiger partial charge in [-0.05, 0) is 39.5 Å². The first-order valence-electron chi connectivity index (χ1n) is 8.87. The monoisotopic (exact) mass is 375 g/mol. The maximum absolute atomic E-state index is 13.4. The number of nitrogens with zero attached hydrogens (tertiary/aromatic N) is 1. The van der Waals surface area contributed by atoms with E-state index in [2.05, 4.69) is 0 Å². The van der Waals surface area contributed by atoms with Crippen LogP contribution >= 0.6 is 0 Å². The predicted molar refractivity (Wildman–Crippen MR) is 92.5 cm³/mol. The van der Waals surface area contributed by atoms with Crippen LogP contribution in [-0.2, 0) is 29.1 Å². The number of carbonyl (C=O) groups excluding carboxylic acids is 2. The molecular formula is C17H29NO6S. The van der Waals surface area contributed by atoms with Crippen LogP contribution in [0.3, 0.4) is 0 Å². The van der Waals surface area contributed by atoms with E-state index in [0.717, 1.165) is 6.29 Å². The second-order valence-corrected chi connectivity index (χ2v) is 10.1. The van der Waals surface area contributed by atoms with Crippen molar-refractivity contribution in [1.29, 1.82) is 0 Å². The molecule has 8 heteroatoms. The summed E-state index contributed by atoms with van der Waals surface area (Å²) in [5.74, 6) is -0.463. The Bertz CT molecular complexity index is 581. The van der Waals surface area contributed by atoms with Crippen LogP contribution in [0.1, 0.15) is 52.9 Å². The third kappa shape index (κ3) is 4.41. The molecule has 144 valence electrons. The summed E-state index contributed by atoms with van der Waals surface area (Å²) < 4.78 is 37.3. The number of aldehydes is 1. The van der Waals surface area contributed by atoms with E-state index < -0.39 is 26.3 Å². The fourth-order valence-corrected chi connectivity index (χ4v) is 5.53. The van der Waals surface area contributed by atoms with E-state index in [1.54, 1.807) is 20.8 Å². The third-order valence-corrected chi connectivity index (χ3v) is 7.52. The van der Waals surface area contributed by atoms with Crippen molar-refractivity contribution in [2.45, 2.75) is 63.2 Å². The van der Waals surface area contributed by atoms with E-state index >= 15 is 0 Å². The zero-order valence-corrected chi connectivity index (χ0v) is 16.1. The lowest BCUT2D eigenvalue weighted by Crippen LogP contribution is -2.59. The van der Waals surface area contributed by atoms with Gasteiger partial charge in [-0.3, -0.25) is 4.79 Å². The van der Waals surface area contributed by atoms with Gasteiger partial charge in [-0.15, -0.1) is 0 Å². The summed E-state index contributed by atoms with van der Waals surface area (Å²) in [4.78, 5) is 23.5. The van der Waals surface area contributed by atoms with Crippen molar-refractivity contribution >= 4 is 22.3 Å². The molecule has 0 saturated carbocycles. The summed E-state index contributed by atoms with van der Waals surface area (Å²) >= 11 is 0. The molecule has 0 aromatic carbocycles. The Morgan fingerprint density at radius 2 is 1.80 bits per heavy atom. The molecular weight excluding hydrogens is 346 g/mol. The Kier molecular flexibility index (Phi) is 6.27. The van der Waals surface area contributed by atoms with Gasteiger partial charge in [-0.2, -0.15) is 0 Å². The van der Waals surface area contributed by atoms with Crippen LogP contribution in [0, 0.1) is 5.92 Å². The Hall–Kier alpha value is -0.990. The quantitative estimate of drug-likeness (QED) is 0.534. The maximum atomic E-state index is 13.4. The van der Waals surface area contributed by atoms with E-state index in [1.165, 1.54) is 4.31 Å². The number of hydrogen-bond acceptors (Lipinski definition) is 6. The van der Waals surface area contributed by atoms with Crippen molar-refractivity contribution in [3.63, 3.8) is 0 Å². The first kappa shape index (κ1) is 20.3. The highest BCUT2D eigenvalue weighted by atomic mass is 32.2. The van der Waals surface area contributed by atoms with Crippen LogP contribution in [-0.4, -0.2) is 61.6 Å². The molecule has 0 radical (unpaired) electrons. The molecule has 0 N–H and O–H groups in total. The topological polar surface area (TPSA) is 90.0 Å². The van der Waals surface area contributed by atoms with Gasteiger partial charge >= 0.3 is 5.97 Å². The van der Waals surface area contributed by atoms with Gasteiger partial charge in [-0.25, -0.2) is 12.7 Å². The second-order valence-electron chi connectivity index (χ2n) is 7.86. The largest absolute Gasteiger partial charge is 0.459 e. The minimum atomic E-state index is -3.87. The molecule has 0 atom stereocenters. The summed E-state index contributed by atoms with van der Waals surface area (Å²) in [6.45, 7) is 6.32. The Balaban J connectivity index is 2.24. The van der Waals surface area contributed by atoms with Gasteiger partial charge in [0, 0.05) is 45.6 Å². The number of esters is 1. The molecule has 2 aliphatic rings. The normalized spacial score (nSPS) is 23.2. The number of carbonyl (C=O) groups is 2. The summed E-state index contributed by atoms with van der Waals surface area (Å²) in [6, 6.07) is 0. The van der Waals surface area contributed by atoms with Crippen molar-refractivity contribution < 1.29 is 27.5 Å². The van der Waals surface area contributed by atoms with E-state index in [4.69, 9.17) is 9.47 Å². The van der Waals surface area contributed by atoms with Gasteiger partial charge < -0.3 is 14.3 Å². The number of hydrogen-bond donors (Lipinski definition) is 0. The average molecular weight is 375 g/mol. The lowest BCUT2D eigenvalue weighted by molar-refractivity contribution is -0.161. The molecule has 7 nitrogen and oxygen atoms in total. The van der Waals surface area contributed by atoms with Crippen LogP contribution in [0.4, 0.5) is 0 Å². The van der Waals surface area contributed by atoms with Crippen LogP contribution in [0.15, 0.2) is 0 Å². The predicted octanol–water partition coefficient (Wildman–Crippen LogP) is 1.51. The summed E-state index contributed by atoms with van der Waals surface area (Å²) in [7, 11) is -3.87. The molecule has 2 aliphatic heterocycles. The van der Waals surface area contributed by atoms with Crippen molar-refractivity contribution in [2.24, 2.45) is 5.92 Å². The molecule has 0 unspecified atom stereocenters. The second kappa shape index (κ2) is 7.72. The van der Waals surface area contributed by atoms with Crippen LogP contribution < -0.4 is 0 Å². The molecule has 2 heterocycles. The fourth-order valence-electron chi connectivity index (χ4n) is 3.41. The van der Waals surface area contributed by atoms with Crippen molar-refractivity contribution in [3.8, 4) is 0 Å². The van der Waals surface area contributed by atoms with Gasteiger partial charge in [0.1, 0.15) is 11.9 Å². The molecule has 2 rings (SSSR count). The first-order valence-corrected chi connectivity index (χ1v) is 10.3. The highest BCUT2D eigenvalue weighted by Gasteiger charge is 2.56. The summed E-state index contributed by atoms with van der Waals surface area (Å²) in [5.41, 5.74) is -0.755. The molecule has 25 heavy (non-hydrogen) atoms. The molecule has 0 aromatic heterocycles. The highest BCUT2D eigenvalue weighted by molar-refractivity contribution is 7.91. The zero-order chi connectivity index (χ0) is 18.7. The van der Waals surface area contributed by atoms with Crippen LogP contribution in [0.2, 0.25) is 0 Å². The minimum Gasteiger partial charge on any atom is -0.459 e. The molecule has 0 spiro atoms. The number of rotatable bonds is 5. The van der Waals surface area contributed by atoms with Gasteiger partial charge in [0.15, 0.2) is 4.75 Å². The van der Waals surface area contributed by atoms with Crippen molar-refractivity contribution in [1.82, 2.24) is 4.31 Å². The molecule has 0 bridgehead atoms. The van der Waals surface area contributed by atoms with Gasteiger partial charge in [0.2, 0.25) is 10.0 Å². The lowest BCUT2D eigenvalue weighted by Gasteiger charge is -2.41. The summed E-state index contributed by atoms with van der Waals surface area (Å²) in [6.07, 6.45) is 2.84. The zero-order valence-electron chi connectivity index (χ0n) is 15.3. The van der Waals surface area contributed by atoms with E-state index in [9.17, 15) is 18.0 Å². The molecule has 2 fully saturated rings. The number of sulfonamides is 1. The standard InChI is InChI=1S/C17H29NO6S/c1-16(2,3)24-15(20)17(7-12-23-13-8-17)25(21,22)18-9-4-14(5-10-18)6-11-19/h11,14H,4-10,12-13H2,1-3H3. The van der Waals surface area contributed by atoms with Gasteiger partial charge in [0.05, 0.1) is 0 Å². The first-order chi connectivity index (χ1) is 11.6. The fraction of sp³-hybridized carbons (Fsp3) is 0.882. The minimum absolute atomic E-state index is 0.110. The van der Waals surface area contributed by atoms with Gasteiger partial charge in [0.25, 0.3) is 0 Å². The summed E-state index contributed by atoms with van der Waals surface area (Å²) in [5, 5.41) is 0. The number of piperidine rings is 1. The molecule has 0 amide bonds. The van der Waals surface area contributed by atoms with E-state index in [1.807, 2.05) is 0 Å². The highest BCUT2D eigenvalue weighted by Crippen LogP contribution is 2.37. The van der Waals surface area contributed by atoms with Crippen LogP contribution in [0.25, 0.3) is 0 Å². The van der Waals surface area contributed by atoms with Crippen LogP contribution in [0.5, 0.6) is 0 Å². The molecule has 0 aliphatic carbocycles. The Morgan fingerprint density at radius 1 is 1.24 bits per heavy atom. The van der Waals surface area contributed by atoms with Gasteiger partial charge in [-0.1, -0.05) is 0 Å². The van der Waals surface area contributed by atoms with E-state index in [-0.39, 0.29) is 32.0 Å². The average Bonchev–Trinajstić information content (AvgIpc) is 2.54. The maximum Gasteiger partial charge on any atom is 0.329 e. The SMILES string of the molecule is CC(C)(C)OC(=O)C1(S(=O)(=O)N2CCC(CC=O)CC2)CCOCC1. The molecule has 0 aromatic rings. The third-order valence-electron chi connectivity index (χ3n) is 4.91. The molecule has 2 saturated heterocycles. The Morgan fingerprint density at radius 3 is 2.28 bits per heavy atom. The van der Waals surface area contributed by atoms with Crippen molar-refractivity contribution in [3.05, 3.63) is 0 Å². The Labute approximate surface area is 150 Å². The smallest absolute Gasteiger partial charge is 0.329 e. The van der Waals surface area contributed by atoms with Crippen molar-refractivity contribution in [2.75, 3.05) is 26.3 Å². The number of ether oxygens (including phenoxy) is 2.